The Morgan fingerprint density at radius 2 is 2.33 bits per heavy atom. The first-order valence-corrected chi connectivity index (χ1v) is 4.34. The monoisotopic (exact) mass is 226 g/mol. The minimum atomic E-state index is 0.505. The molecule has 0 aliphatic carbocycles. The van der Waals surface area contributed by atoms with Gasteiger partial charge in [-0.1, -0.05) is 11.2 Å². The lowest BCUT2D eigenvalue weighted by molar-refractivity contribution is 0.455. The first-order valence-electron chi connectivity index (χ1n) is 3.55. The van der Waals surface area contributed by atoms with Crippen LogP contribution >= 0.6 is 15.9 Å². The molecule has 0 atom stereocenters. The first kappa shape index (κ1) is 7.76. The van der Waals surface area contributed by atoms with Crippen molar-refractivity contribution in [1.29, 1.82) is 0 Å². The Labute approximate surface area is 77.7 Å². The van der Waals surface area contributed by atoms with Gasteiger partial charge in [0.2, 0.25) is 0 Å². The van der Waals surface area contributed by atoms with Crippen molar-refractivity contribution < 1.29 is 4.52 Å². The van der Waals surface area contributed by atoms with E-state index in [-0.39, 0.29) is 0 Å². The number of halogens is 1. The van der Waals surface area contributed by atoms with E-state index >= 15 is 0 Å². The zero-order valence-electron chi connectivity index (χ0n) is 6.25. The van der Waals surface area contributed by atoms with E-state index in [2.05, 4.69) is 21.1 Å². The fourth-order valence-electron chi connectivity index (χ4n) is 1.16. The Morgan fingerprint density at radius 3 is 3.08 bits per heavy atom. The highest BCUT2D eigenvalue weighted by atomic mass is 79.9. The number of nitrogens with two attached hydrogens (primary N) is 1. The summed E-state index contributed by atoms with van der Waals surface area (Å²) in [7, 11) is 0. The van der Waals surface area contributed by atoms with E-state index in [0.29, 0.717) is 6.54 Å². The molecule has 62 valence electrons. The van der Waals surface area contributed by atoms with Crippen molar-refractivity contribution in [1.82, 2.24) is 5.16 Å². The van der Waals surface area contributed by atoms with Gasteiger partial charge in [0.25, 0.3) is 0 Å². The highest BCUT2D eigenvalue weighted by Crippen LogP contribution is 2.26. The summed E-state index contributed by atoms with van der Waals surface area (Å²) in [5, 5.41) is 4.69. The lowest BCUT2D eigenvalue weighted by atomic mass is 10.1. The quantitative estimate of drug-likeness (QED) is 0.810. The van der Waals surface area contributed by atoms with Crippen molar-refractivity contribution in [2.75, 3.05) is 0 Å². The Bertz CT molecular complexity index is 410. The van der Waals surface area contributed by atoms with Crippen molar-refractivity contribution in [3.05, 3.63) is 28.4 Å². The third kappa shape index (κ3) is 1.04. The van der Waals surface area contributed by atoms with Crippen molar-refractivity contribution in [2.45, 2.75) is 6.54 Å². The van der Waals surface area contributed by atoms with Gasteiger partial charge in [-0.3, -0.25) is 0 Å². The molecule has 0 aliphatic rings. The summed E-state index contributed by atoms with van der Waals surface area (Å²) in [5.41, 5.74) is 7.35. The standard InChI is InChI=1S/C8H7BrN2O/c9-7-2-1-5(3-10)6-4-11-12-8(6)7/h1-2,4H,3,10H2. The molecule has 1 heterocycles. The van der Waals surface area contributed by atoms with E-state index in [1.807, 2.05) is 12.1 Å². The van der Waals surface area contributed by atoms with E-state index in [4.69, 9.17) is 10.3 Å². The smallest absolute Gasteiger partial charge is 0.181 e. The zero-order valence-corrected chi connectivity index (χ0v) is 7.84. The summed E-state index contributed by atoms with van der Waals surface area (Å²) in [6, 6.07) is 3.87. The maximum absolute atomic E-state index is 5.54. The molecular weight excluding hydrogens is 220 g/mol. The van der Waals surface area contributed by atoms with Gasteiger partial charge in [-0.05, 0) is 27.6 Å². The maximum Gasteiger partial charge on any atom is 0.181 e. The summed E-state index contributed by atoms with van der Waals surface area (Å²) < 4.78 is 5.95. The molecule has 1 aromatic heterocycles. The van der Waals surface area contributed by atoms with Gasteiger partial charge in [0.05, 0.1) is 10.7 Å². The Hall–Kier alpha value is -0.870. The summed E-state index contributed by atoms with van der Waals surface area (Å²) in [6.07, 6.45) is 1.68. The predicted molar refractivity (Wildman–Crippen MR) is 49.6 cm³/mol. The molecule has 2 N–H and O–H groups in total. The second kappa shape index (κ2) is 2.88. The number of aromatic nitrogens is 1. The molecule has 0 amide bonds. The molecule has 2 aromatic rings. The van der Waals surface area contributed by atoms with E-state index in [1.165, 1.54) is 0 Å². The molecule has 0 spiro atoms. The van der Waals surface area contributed by atoms with Gasteiger partial charge in [-0.2, -0.15) is 0 Å². The maximum atomic E-state index is 5.54. The molecule has 0 radical (unpaired) electrons. The topological polar surface area (TPSA) is 52.0 Å². The molecule has 0 saturated carbocycles. The lowest BCUT2D eigenvalue weighted by Crippen LogP contribution is -1.95. The second-order valence-corrected chi connectivity index (χ2v) is 3.33. The third-order valence-corrected chi connectivity index (χ3v) is 2.41. The van der Waals surface area contributed by atoms with E-state index in [1.54, 1.807) is 6.20 Å². The number of benzene rings is 1. The van der Waals surface area contributed by atoms with Crippen LogP contribution in [-0.2, 0) is 6.54 Å². The molecule has 0 aliphatic heterocycles. The average molecular weight is 227 g/mol. The van der Waals surface area contributed by atoms with Gasteiger partial charge < -0.3 is 10.3 Å². The number of nitrogens with zero attached hydrogens (tertiary/aromatic N) is 1. The Kier molecular flexibility index (Phi) is 1.86. The minimum absolute atomic E-state index is 0.505. The molecule has 0 saturated heterocycles. The molecule has 1 aromatic carbocycles. The third-order valence-electron chi connectivity index (χ3n) is 1.78. The van der Waals surface area contributed by atoms with Gasteiger partial charge in [0.15, 0.2) is 5.58 Å². The Morgan fingerprint density at radius 1 is 1.50 bits per heavy atom. The van der Waals surface area contributed by atoms with E-state index in [0.717, 1.165) is 21.0 Å². The van der Waals surface area contributed by atoms with E-state index in [9.17, 15) is 0 Å². The van der Waals surface area contributed by atoms with Crippen LogP contribution in [0.25, 0.3) is 11.0 Å². The summed E-state index contributed by atoms with van der Waals surface area (Å²) in [6.45, 7) is 0.505. The highest BCUT2D eigenvalue weighted by Gasteiger charge is 2.06. The van der Waals surface area contributed by atoms with Crippen molar-refractivity contribution >= 4 is 26.9 Å². The van der Waals surface area contributed by atoms with Crippen LogP contribution in [0.3, 0.4) is 0 Å². The molecule has 4 heteroatoms. The average Bonchev–Trinajstić information content (AvgIpc) is 2.54. The van der Waals surface area contributed by atoms with Crippen LogP contribution in [0.2, 0.25) is 0 Å². The van der Waals surface area contributed by atoms with Crippen molar-refractivity contribution in [2.24, 2.45) is 5.73 Å². The normalized spacial score (nSPS) is 10.8. The number of hydrogen-bond acceptors (Lipinski definition) is 3. The molecule has 0 fully saturated rings. The minimum Gasteiger partial charge on any atom is -0.355 e. The summed E-state index contributed by atoms with van der Waals surface area (Å²) >= 11 is 3.36. The fraction of sp³-hybridized carbons (Fsp3) is 0.125. The van der Waals surface area contributed by atoms with Crippen LogP contribution < -0.4 is 5.73 Å². The lowest BCUT2D eigenvalue weighted by Gasteiger charge is -1.97. The van der Waals surface area contributed by atoms with Gasteiger partial charge in [0, 0.05) is 11.9 Å². The number of hydrogen-bond donors (Lipinski definition) is 1. The summed E-state index contributed by atoms with van der Waals surface area (Å²) in [4.78, 5) is 0. The van der Waals surface area contributed by atoms with Gasteiger partial charge in [-0.15, -0.1) is 0 Å². The van der Waals surface area contributed by atoms with Crippen molar-refractivity contribution in [3.8, 4) is 0 Å². The summed E-state index contributed by atoms with van der Waals surface area (Å²) in [5.74, 6) is 0. The fourth-order valence-corrected chi connectivity index (χ4v) is 1.58. The van der Waals surface area contributed by atoms with Crippen LogP contribution in [0.15, 0.2) is 27.3 Å². The van der Waals surface area contributed by atoms with Gasteiger partial charge in [0.1, 0.15) is 0 Å². The van der Waals surface area contributed by atoms with E-state index < -0.39 is 0 Å². The predicted octanol–water partition coefficient (Wildman–Crippen LogP) is 2.05. The van der Waals surface area contributed by atoms with Gasteiger partial charge >= 0.3 is 0 Å². The zero-order chi connectivity index (χ0) is 8.55. The van der Waals surface area contributed by atoms with Crippen LogP contribution in [0, 0.1) is 0 Å². The highest BCUT2D eigenvalue weighted by molar-refractivity contribution is 9.10. The van der Waals surface area contributed by atoms with Crippen LogP contribution in [0.1, 0.15) is 5.56 Å². The number of rotatable bonds is 1. The van der Waals surface area contributed by atoms with Crippen LogP contribution in [0.5, 0.6) is 0 Å². The van der Waals surface area contributed by atoms with Crippen molar-refractivity contribution in [3.63, 3.8) is 0 Å². The van der Waals surface area contributed by atoms with Gasteiger partial charge in [-0.25, -0.2) is 0 Å². The number of fused-ring (bicyclic) bond motifs is 1. The van der Waals surface area contributed by atoms with Crippen LogP contribution in [-0.4, -0.2) is 5.16 Å². The Balaban J connectivity index is 2.82. The molecule has 3 nitrogen and oxygen atoms in total. The first-order chi connectivity index (χ1) is 5.83. The molecule has 0 bridgehead atoms. The largest absolute Gasteiger partial charge is 0.355 e. The molecular formula is C8H7BrN2O. The molecule has 0 unspecified atom stereocenters. The molecule has 2 rings (SSSR count). The molecule has 12 heavy (non-hydrogen) atoms. The van der Waals surface area contributed by atoms with Crippen LogP contribution in [0.4, 0.5) is 0 Å². The second-order valence-electron chi connectivity index (χ2n) is 2.48. The SMILES string of the molecule is NCc1ccc(Br)c2oncc12.